The number of aryl methyl sites for hydroxylation is 1. The minimum Gasteiger partial charge on any atom is -0.490 e. The predicted octanol–water partition coefficient (Wildman–Crippen LogP) is 6.44. The van der Waals surface area contributed by atoms with Gasteiger partial charge in [-0.25, -0.2) is 0 Å². The van der Waals surface area contributed by atoms with Gasteiger partial charge < -0.3 is 14.2 Å². The Labute approximate surface area is 193 Å². The van der Waals surface area contributed by atoms with E-state index in [0.717, 1.165) is 11.5 Å². The highest BCUT2D eigenvalue weighted by atomic mass is 16.6. The summed E-state index contributed by atoms with van der Waals surface area (Å²) >= 11 is 0. The van der Waals surface area contributed by atoms with Gasteiger partial charge in [-0.1, -0.05) is 59.7 Å². The van der Waals surface area contributed by atoms with Gasteiger partial charge in [0.25, 0.3) is 0 Å². The van der Waals surface area contributed by atoms with Gasteiger partial charge in [0, 0.05) is 24.0 Å². The summed E-state index contributed by atoms with van der Waals surface area (Å²) in [5.74, 6) is 1.70. The van der Waals surface area contributed by atoms with E-state index < -0.39 is 0 Å². The van der Waals surface area contributed by atoms with Crippen LogP contribution in [-0.2, 0) is 20.4 Å². The summed E-state index contributed by atoms with van der Waals surface area (Å²) in [7, 11) is 0. The molecule has 0 N–H and O–H groups in total. The van der Waals surface area contributed by atoms with Crippen molar-refractivity contribution in [2.24, 2.45) is 0 Å². The summed E-state index contributed by atoms with van der Waals surface area (Å²) in [5, 5.41) is 0. The van der Waals surface area contributed by atoms with E-state index in [-0.39, 0.29) is 35.4 Å². The lowest BCUT2D eigenvalue weighted by Gasteiger charge is -2.27. The van der Waals surface area contributed by atoms with Gasteiger partial charge in [-0.2, -0.15) is 0 Å². The molecular weight excluding hydrogens is 400 g/mol. The van der Waals surface area contributed by atoms with Gasteiger partial charge in [0.2, 0.25) is 0 Å². The van der Waals surface area contributed by atoms with Crippen molar-refractivity contribution in [2.45, 2.75) is 85.2 Å². The molecule has 32 heavy (non-hydrogen) atoms. The minimum absolute atomic E-state index is 0.00532. The van der Waals surface area contributed by atoms with E-state index in [4.69, 9.17) is 14.2 Å². The molecule has 0 bridgehead atoms. The summed E-state index contributed by atoms with van der Waals surface area (Å²) in [4.78, 5) is 10.9. The number of carbonyl (C=O) groups excluding carboxylic acids is 1. The molecule has 4 heteroatoms. The van der Waals surface area contributed by atoms with Crippen LogP contribution in [0.15, 0.2) is 30.3 Å². The van der Waals surface area contributed by atoms with E-state index in [9.17, 15) is 4.79 Å². The smallest absolute Gasteiger partial charge is 0.302 e. The van der Waals surface area contributed by atoms with Gasteiger partial charge in [-0.05, 0) is 53.5 Å². The van der Waals surface area contributed by atoms with Crippen LogP contribution in [0, 0.1) is 6.92 Å². The van der Waals surface area contributed by atoms with Gasteiger partial charge >= 0.3 is 5.97 Å². The standard InChI is InChI=1S/C28H38O4/c1-17-14-21(31-13-12-30-19(3)29)10-11-22(17)25-18(2)32-26-23(25)15-20(27(4,5)6)16-24(26)28(7,8)9/h10-11,14-16,18,25H,12-13H2,1-9H3. The lowest BCUT2D eigenvalue weighted by atomic mass is 9.76. The molecule has 4 nitrogen and oxygen atoms in total. The number of hydrogen-bond donors (Lipinski definition) is 0. The molecule has 0 saturated heterocycles. The largest absolute Gasteiger partial charge is 0.490 e. The quantitative estimate of drug-likeness (QED) is 0.398. The van der Waals surface area contributed by atoms with Crippen LogP contribution in [-0.4, -0.2) is 25.3 Å². The number of hydrogen-bond acceptors (Lipinski definition) is 4. The second-order valence-corrected chi connectivity index (χ2v) is 10.9. The third-order valence-electron chi connectivity index (χ3n) is 6.13. The third-order valence-corrected chi connectivity index (χ3v) is 6.13. The van der Waals surface area contributed by atoms with E-state index in [1.807, 2.05) is 6.07 Å². The van der Waals surface area contributed by atoms with Crippen molar-refractivity contribution in [3.63, 3.8) is 0 Å². The molecule has 2 unspecified atom stereocenters. The molecule has 0 amide bonds. The zero-order chi connectivity index (χ0) is 23.8. The average molecular weight is 439 g/mol. The van der Waals surface area contributed by atoms with Crippen molar-refractivity contribution < 1.29 is 19.0 Å². The highest BCUT2D eigenvalue weighted by Gasteiger charge is 2.38. The van der Waals surface area contributed by atoms with Crippen molar-refractivity contribution in [3.8, 4) is 11.5 Å². The Morgan fingerprint density at radius 1 is 0.969 bits per heavy atom. The zero-order valence-corrected chi connectivity index (χ0v) is 21.1. The molecule has 0 radical (unpaired) electrons. The molecule has 0 aromatic heterocycles. The monoisotopic (exact) mass is 438 g/mol. The lowest BCUT2D eigenvalue weighted by Crippen LogP contribution is -2.17. The lowest BCUT2D eigenvalue weighted by molar-refractivity contribution is -0.141. The second kappa shape index (κ2) is 8.80. The number of carbonyl (C=O) groups is 1. The van der Waals surface area contributed by atoms with Gasteiger partial charge in [0.05, 0.1) is 0 Å². The number of rotatable bonds is 5. The molecular formula is C28H38O4. The molecule has 174 valence electrons. The van der Waals surface area contributed by atoms with Crippen LogP contribution >= 0.6 is 0 Å². The van der Waals surface area contributed by atoms with E-state index in [1.54, 1.807) is 0 Å². The van der Waals surface area contributed by atoms with Crippen LogP contribution in [0.3, 0.4) is 0 Å². The van der Waals surface area contributed by atoms with Gasteiger partial charge in [0.1, 0.15) is 30.8 Å². The second-order valence-electron chi connectivity index (χ2n) is 10.9. The predicted molar refractivity (Wildman–Crippen MR) is 129 cm³/mol. The van der Waals surface area contributed by atoms with E-state index in [0.29, 0.717) is 6.61 Å². The fraction of sp³-hybridized carbons (Fsp3) is 0.536. The Morgan fingerprint density at radius 3 is 2.22 bits per heavy atom. The topological polar surface area (TPSA) is 44.8 Å². The fourth-order valence-electron chi connectivity index (χ4n) is 4.36. The number of esters is 1. The van der Waals surface area contributed by atoms with Gasteiger partial charge in [-0.15, -0.1) is 0 Å². The summed E-state index contributed by atoms with van der Waals surface area (Å²) in [5.41, 5.74) is 6.37. The SMILES string of the molecule is CC(=O)OCCOc1ccc(C2c3cc(C(C)(C)C)cc(C(C)(C)C)c3OC2C)c(C)c1. The van der Waals surface area contributed by atoms with Crippen LogP contribution in [0.4, 0.5) is 0 Å². The first kappa shape index (κ1) is 24.2. The maximum atomic E-state index is 10.9. The molecule has 1 aliphatic heterocycles. The molecule has 2 atom stereocenters. The highest BCUT2D eigenvalue weighted by molar-refractivity contribution is 5.65. The maximum absolute atomic E-state index is 10.9. The van der Waals surface area contributed by atoms with Crippen LogP contribution in [0.5, 0.6) is 11.5 Å². The molecule has 1 aliphatic rings. The summed E-state index contributed by atoms with van der Waals surface area (Å²) in [6, 6.07) is 10.9. The van der Waals surface area contributed by atoms with Crippen LogP contribution in [0.25, 0.3) is 0 Å². The van der Waals surface area contributed by atoms with E-state index >= 15 is 0 Å². The third kappa shape index (κ3) is 5.11. The Kier molecular flexibility index (Phi) is 6.65. The Balaban J connectivity index is 1.98. The van der Waals surface area contributed by atoms with Crippen molar-refractivity contribution in [1.29, 1.82) is 0 Å². The molecule has 0 saturated carbocycles. The Bertz CT molecular complexity index is 992. The van der Waals surface area contributed by atoms with Crippen molar-refractivity contribution in [2.75, 3.05) is 13.2 Å². The van der Waals surface area contributed by atoms with Crippen LogP contribution in [0.1, 0.15) is 89.1 Å². The molecule has 3 rings (SSSR count). The number of ether oxygens (including phenoxy) is 3. The number of fused-ring (bicyclic) bond motifs is 1. The highest BCUT2D eigenvalue weighted by Crippen LogP contribution is 2.49. The Hall–Kier alpha value is -2.49. The van der Waals surface area contributed by atoms with Crippen molar-refractivity contribution >= 4 is 5.97 Å². The van der Waals surface area contributed by atoms with E-state index in [2.05, 4.69) is 79.7 Å². The first-order valence-electron chi connectivity index (χ1n) is 11.5. The molecule has 0 fully saturated rings. The van der Waals surface area contributed by atoms with Crippen LogP contribution in [0.2, 0.25) is 0 Å². The molecule has 1 heterocycles. The molecule has 2 aromatic carbocycles. The van der Waals surface area contributed by atoms with Gasteiger partial charge in [0.15, 0.2) is 0 Å². The first-order chi connectivity index (χ1) is 14.8. The summed E-state index contributed by atoms with van der Waals surface area (Å²) in [6.07, 6.45) is 0.0516. The van der Waals surface area contributed by atoms with Crippen molar-refractivity contribution in [1.82, 2.24) is 0 Å². The minimum atomic E-state index is -0.293. The average Bonchev–Trinajstić information content (AvgIpc) is 2.98. The number of benzene rings is 2. The fourth-order valence-corrected chi connectivity index (χ4v) is 4.36. The molecule has 0 aliphatic carbocycles. The van der Waals surface area contributed by atoms with Crippen LogP contribution < -0.4 is 9.47 Å². The van der Waals surface area contributed by atoms with Crippen molar-refractivity contribution in [3.05, 3.63) is 58.1 Å². The van der Waals surface area contributed by atoms with Gasteiger partial charge in [-0.3, -0.25) is 4.79 Å². The maximum Gasteiger partial charge on any atom is 0.302 e. The first-order valence-corrected chi connectivity index (χ1v) is 11.5. The van der Waals surface area contributed by atoms with E-state index in [1.165, 1.54) is 34.7 Å². The molecule has 0 spiro atoms. The normalized spacial score (nSPS) is 18.2. The molecule has 2 aromatic rings. The zero-order valence-electron chi connectivity index (χ0n) is 21.1. The Morgan fingerprint density at radius 2 is 1.66 bits per heavy atom. The summed E-state index contributed by atoms with van der Waals surface area (Å²) < 4.78 is 17.2. The summed E-state index contributed by atoms with van der Waals surface area (Å²) in [6.45, 7) is 19.8.